The molecule has 0 bridgehead atoms. The van der Waals surface area contributed by atoms with Crippen molar-refractivity contribution >= 4 is 6.09 Å². The number of ether oxygens (including phenoxy) is 2. The molecule has 2 fully saturated rings. The van der Waals surface area contributed by atoms with Crippen LogP contribution in [0.25, 0.3) is 0 Å². The second-order valence-corrected chi connectivity index (χ2v) is 5.49. The van der Waals surface area contributed by atoms with Gasteiger partial charge in [-0.25, -0.2) is 4.79 Å². The summed E-state index contributed by atoms with van der Waals surface area (Å²) in [5, 5.41) is 0. The van der Waals surface area contributed by atoms with Crippen LogP contribution in [0.1, 0.15) is 25.3 Å². The number of epoxide rings is 1. The summed E-state index contributed by atoms with van der Waals surface area (Å²) in [4.78, 5) is 14.0. The molecule has 0 aliphatic carbocycles. The number of carbonyl (C=O) groups excluding carboxylic acids is 1. The Morgan fingerprint density at radius 1 is 1.47 bits per heavy atom. The smallest absolute Gasteiger partial charge is 0.410 e. The second-order valence-electron chi connectivity index (χ2n) is 5.49. The molecule has 2 aliphatic rings. The van der Waals surface area contributed by atoms with E-state index in [1.165, 1.54) is 0 Å². The molecule has 2 saturated heterocycles. The van der Waals surface area contributed by atoms with Crippen molar-refractivity contribution in [3.63, 3.8) is 0 Å². The summed E-state index contributed by atoms with van der Waals surface area (Å²) < 4.78 is 10.9. The summed E-state index contributed by atoms with van der Waals surface area (Å²) in [5.74, 6) is 0. The molecule has 102 valence electrons. The van der Waals surface area contributed by atoms with Crippen LogP contribution >= 0.6 is 0 Å². The molecule has 3 rings (SSSR count). The van der Waals surface area contributed by atoms with E-state index >= 15 is 0 Å². The summed E-state index contributed by atoms with van der Waals surface area (Å²) in [6.07, 6.45) is 1.82. The largest absolute Gasteiger partial charge is 0.445 e. The number of nitrogens with zero attached hydrogens (tertiary/aromatic N) is 1. The van der Waals surface area contributed by atoms with Crippen LogP contribution in [-0.4, -0.2) is 35.8 Å². The summed E-state index contributed by atoms with van der Waals surface area (Å²) >= 11 is 0. The minimum Gasteiger partial charge on any atom is -0.445 e. The third-order valence-corrected chi connectivity index (χ3v) is 4.00. The lowest BCUT2D eigenvalue weighted by molar-refractivity contribution is 0.0765. The highest BCUT2D eigenvalue weighted by atomic mass is 16.6. The predicted molar refractivity (Wildman–Crippen MR) is 70.7 cm³/mol. The van der Waals surface area contributed by atoms with Crippen molar-refractivity contribution in [3.8, 4) is 0 Å². The lowest BCUT2D eigenvalue weighted by Crippen LogP contribution is -2.43. The van der Waals surface area contributed by atoms with Gasteiger partial charge in [-0.05, 0) is 25.3 Å². The zero-order chi connectivity index (χ0) is 13.3. The minimum atomic E-state index is -0.219. The van der Waals surface area contributed by atoms with Crippen LogP contribution in [0.2, 0.25) is 0 Å². The summed E-state index contributed by atoms with van der Waals surface area (Å²) in [6, 6.07) is 9.94. The van der Waals surface area contributed by atoms with Crippen molar-refractivity contribution in [1.82, 2.24) is 4.90 Å². The van der Waals surface area contributed by atoms with Gasteiger partial charge < -0.3 is 14.4 Å². The Morgan fingerprint density at radius 3 is 2.89 bits per heavy atom. The van der Waals surface area contributed by atoms with E-state index in [1.54, 1.807) is 0 Å². The molecule has 2 aliphatic heterocycles. The van der Waals surface area contributed by atoms with Crippen molar-refractivity contribution in [3.05, 3.63) is 35.9 Å². The average molecular weight is 261 g/mol. The lowest BCUT2D eigenvalue weighted by Gasteiger charge is -2.26. The van der Waals surface area contributed by atoms with Gasteiger partial charge in [0.05, 0.1) is 12.6 Å². The highest BCUT2D eigenvalue weighted by Crippen LogP contribution is 2.38. The third-order valence-electron chi connectivity index (χ3n) is 4.00. The maximum atomic E-state index is 12.2. The molecule has 4 nitrogen and oxygen atoms in total. The Morgan fingerprint density at radius 2 is 2.21 bits per heavy atom. The van der Waals surface area contributed by atoms with Gasteiger partial charge in [0.25, 0.3) is 0 Å². The summed E-state index contributed by atoms with van der Waals surface area (Å²) in [5.41, 5.74) is 0.878. The normalized spacial score (nSPS) is 29.3. The Hall–Kier alpha value is -1.55. The second kappa shape index (κ2) is 4.85. The molecule has 2 atom stereocenters. The van der Waals surface area contributed by atoms with E-state index in [4.69, 9.17) is 9.47 Å². The molecule has 0 radical (unpaired) electrons. The van der Waals surface area contributed by atoms with E-state index in [0.29, 0.717) is 6.61 Å². The Bertz CT molecular complexity index is 456. The molecule has 0 aromatic heterocycles. The standard InChI is InChI=1S/C15H19NO3/c1-15(11-19-15)13-8-5-9-16(13)14(17)18-10-12-6-3-2-4-7-12/h2-4,6-7,13H,5,8-11H2,1H3/t13-,15+/m0/s1. The molecule has 0 unspecified atom stereocenters. The number of likely N-dealkylation sites (tertiary alicyclic amines) is 1. The highest BCUT2D eigenvalue weighted by molar-refractivity contribution is 5.68. The van der Waals surface area contributed by atoms with Gasteiger partial charge in [-0.15, -0.1) is 0 Å². The van der Waals surface area contributed by atoms with Crippen LogP contribution in [-0.2, 0) is 16.1 Å². The molecule has 19 heavy (non-hydrogen) atoms. The summed E-state index contributed by atoms with van der Waals surface area (Å²) in [6.45, 7) is 3.93. The fourth-order valence-electron chi connectivity index (χ4n) is 2.73. The van der Waals surface area contributed by atoms with Crippen molar-refractivity contribution in [2.75, 3.05) is 13.2 Å². The number of amides is 1. The zero-order valence-electron chi connectivity index (χ0n) is 11.2. The molecule has 0 saturated carbocycles. The lowest BCUT2D eigenvalue weighted by atomic mass is 10.0. The van der Waals surface area contributed by atoms with Crippen molar-refractivity contribution < 1.29 is 14.3 Å². The van der Waals surface area contributed by atoms with Gasteiger partial charge in [0.1, 0.15) is 12.2 Å². The maximum absolute atomic E-state index is 12.2. The SMILES string of the molecule is C[C@]1([C@@H]2CCCN2C(=O)OCc2ccccc2)CO1. The van der Waals surface area contributed by atoms with E-state index in [-0.39, 0.29) is 17.7 Å². The molecule has 1 amide bonds. The van der Waals surface area contributed by atoms with Gasteiger partial charge in [0.15, 0.2) is 0 Å². The molecule has 0 spiro atoms. The van der Waals surface area contributed by atoms with Crippen molar-refractivity contribution in [1.29, 1.82) is 0 Å². The first-order chi connectivity index (χ1) is 9.19. The van der Waals surface area contributed by atoms with E-state index in [2.05, 4.69) is 6.92 Å². The van der Waals surface area contributed by atoms with Crippen LogP contribution in [0, 0.1) is 0 Å². The molecule has 1 aromatic carbocycles. The van der Waals surface area contributed by atoms with Gasteiger partial charge in [0.2, 0.25) is 0 Å². The van der Waals surface area contributed by atoms with Crippen LogP contribution in [0.5, 0.6) is 0 Å². The number of carbonyl (C=O) groups is 1. The molecule has 1 aromatic rings. The molecule has 4 heteroatoms. The fourth-order valence-corrected chi connectivity index (χ4v) is 2.73. The topological polar surface area (TPSA) is 42.1 Å². The van der Waals surface area contributed by atoms with Gasteiger partial charge >= 0.3 is 6.09 Å². The third kappa shape index (κ3) is 2.59. The number of benzene rings is 1. The number of rotatable bonds is 3. The van der Waals surface area contributed by atoms with Crippen molar-refractivity contribution in [2.45, 2.75) is 38.0 Å². The van der Waals surface area contributed by atoms with E-state index in [1.807, 2.05) is 35.2 Å². The highest BCUT2D eigenvalue weighted by Gasteiger charge is 2.52. The minimum absolute atomic E-state index is 0.137. The summed E-state index contributed by atoms with van der Waals surface area (Å²) in [7, 11) is 0. The van der Waals surface area contributed by atoms with Crippen molar-refractivity contribution in [2.24, 2.45) is 0 Å². The first-order valence-electron chi connectivity index (χ1n) is 6.80. The first-order valence-corrected chi connectivity index (χ1v) is 6.80. The van der Waals surface area contributed by atoms with E-state index in [9.17, 15) is 4.79 Å². The molecule has 0 N–H and O–H groups in total. The van der Waals surface area contributed by atoms with Gasteiger partial charge in [-0.2, -0.15) is 0 Å². The van der Waals surface area contributed by atoms with E-state index in [0.717, 1.165) is 31.6 Å². The Labute approximate surface area is 113 Å². The Kier molecular flexibility index (Phi) is 3.19. The zero-order valence-corrected chi connectivity index (χ0v) is 11.2. The Balaban J connectivity index is 1.58. The fraction of sp³-hybridized carbons (Fsp3) is 0.533. The van der Waals surface area contributed by atoms with E-state index < -0.39 is 0 Å². The van der Waals surface area contributed by atoms with Gasteiger partial charge in [0, 0.05) is 6.54 Å². The quantitative estimate of drug-likeness (QED) is 0.785. The maximum Gasteiger partial charge on any atom is 0.410 e. The van der Waals surface area contributed by atoms with Crippen LogP contribution in [0.15, 0.2) is 30.3 Å². The molecular formula is C15H19NO3. The molecular weight excluding hydrogens is 242 g/mol. The van der Waals surface area contributed by atoms with Gasteiger partial charge in [-0.1, -0.05) is 30.3 Å². The number of hydrogen-bond acceptors (Lipinski definition) is 3. The van der Waals surface area contributed by atoms with Crippen LogP contribution < -0.4 is 0 Å². The monoisotopic (exact) mass is 261 g/mol. The van der Waals surface area contributed by atoms with Crippen LogP contribution in [0.4, 0.5) is 4.79 Å². The molecule has 2 heterocycles. The first kappa shape index (κ1) is 12.5. The predicted octanol–water partition coefficient (Wildman–Crippen LogP) is 2.58. The number of hydrogen-bond donors (Lipinski definition) is 0. The van der Waals surface area contributed by atoms with Gasteiger partial charge in [-0.3, -0.25) is 0 Å². The van der Waals surface area contributed by atoms with Crippen LogP contribution in [0.3, 0.4) is 0 Å². The average Bonchev–Trinajstić information content (AvgIpc) is 3.00.